The van der Waals surface area contributed by atoms with Crippen LogP contribution in [0.1, 0.15) is 6.42 Å². The molecule has 0 fully saturated rings. The third-order valence-electron chi connectivity index (χ3n) is 2.86. The Balaban J connectivity index is 2.74. The molecule has 2 heteroatoms. The molecule has 0 heterocycles. The summed E-state index contributed by atoms with van der Waals surface area (Å²) in [7, 11) is -1.83. The summed E-state index contributed by atoms with van der Waals surface area (Å²) in [4.78, 5) is 0. The van der Waals surface area contributed by atoms with E-state index in [1.165, 1.54) is 6.42 Å². The zero-order valence-electron chi connectivity index (χ0n) is 9.36. The minimum absolute atomic E-state index is 0.880. The topological polar surface area (TPSA) is 0 Å². The van der Waals surface area contributed by atoms with E-state index in [4.69, 9.17) is 0 Å². The molecular weight excluding hydrogens is 176 g/mol. The van der Waals surface area contributed by atoms with Crippen LogP contribution in [0, 0.1) is 0 Å². The molecule has 0 aliphatic heterocycles. The lowest BCUT2D eigenvalue weighted by molar-refractivity contribution is 0.876. The maximum atomic E-state index is 2.51. The molecule has 0 bridgehead atoms. The van der Waals surface area contributed by atoms with Crippen molar-refractivity contribution >= 4 is 16.1 Å². The first-order valence-electron chi connectivity index (χ1n) is 4.93. The number of hydrogen-bond acceptors (Lipinski definition) is 0. The summed E-state index contributed by atoms with van der Waals surface area (Å²) in [6, 6.07) is 0. The van der Waals surface area contributed by atoms with E-state index in [1.54, 1.807) is 0 Å². The third-order valence-corrected chi connectivity index (χ3v) is 8.07. The van der Waals surface area contributed by atoms with Crippen LogP contribution in [0.5, 0.6) is 0 Å². The first-order chi connectivity index (χ1) is 5.23. The molecule has 0 spiro atoms. The molecule has 0 N–H and O–H groups in total. The van der Waals surface area contributed by atoms with Crippen molar-refractivity contribution in [3.63, 3.8) is 0 Å². The van der Waals surface area contributed by atoms with Gasteiger partial charge in [0, 0.05) is 0 Å². The third kappa shape index (κ3) is 1.91. The molecule has 0 aromatic rings. The lowest BCUT2D eigenvalue weighted by Gasteiger charge is -2.42. The Morgan fingerprint density at radius 2 is 1.58 bits per heavy atom. The maximum absolute atomic E-state index is 2.51. The second-order valence-electron chi connectivity index (χ2n) is 6.06. The molecule has 0 saturated carbocycles. The molecule has 0 saturated heterocycles. The average Bonchev–Trinajstić information content (AvgIpc) is 1.46. The zero-order valence-corrected chi connectivity index (χ0v) is 11.4. The monoisotopic (exact) mass is 198 g/mol. The molecule has 1 rings (SSSR count). The summed E-state index contributed by atoms with van der Waals surface area (Å²) in [5, 5.41) is 1.86. The molecule has 0 nitrogen and oxygen atoms in total. The van der Waals surface area contributed by atoms with Crippen LogP contribution in [0.2, 0.25) is 44.8 Å². The van der Waals surface area contributed by atoms with E-state index in [0.717, 1.165) is 5.54 Å². The van der Waals surface area contributed by atoms with Crippen molar-refractivity contribution in [3.05, 3.63) is 11.3 Å². The summed E-state index contributed by atoms with van der Waals surface area (Å²) < 4.78 is 0. The molecule has 70 valence electrons. The second kappa shape index (κ2) is 2.84. The fourth-order valence-electron chi connectivity index (χ4n) is 2.00. The van der Waals surface area contributed by atoms with Crippen molar-refractivity contribution in [1.29, 1.82) is 0 Å². The summed E-state index contributed by atoms with van der Waals surface area (Å²) >= 11 is 0. The number of allylic oxidation sites excluding steroid dienone is 2. The van der Waals surface area contributed by atoms with E-state index in [2.05, 4.69) is 45.4 Å². The molecule has 1 aliphatic rings. The molecule has 1 unspecified atom stereocenters. The lowest BCUT2D eigenvalue weighted by atomic mass is 10.1. The predicted octanol–water partition coefficient (Wildman–Crippen LogP) is 3.90. The average molecular weight is 198 g/mol. The molecule has 0 radical (unpaired) electrons. The first kappa shape index (κ1) is 10.3. The summed E-state index contributed by atoms with van der Waals surface area (Å²) in [6.45, 7) is 14.9. The highest BCUT2D eigenvalue weighted by atomic mass is 28.3. The maximum Gasteiger partial charge on any atom is 0.0720 e. The van der Waals surface area contributed by atoms with E-state index in [0.29, 0.717) is 0 Å². The standard InChI is InChI=1S/C10H22Si2/c1-11(2,3)9-7-8-10(9)12(4,5)6/h7,10H,8H2,1-6H3. The summed E-state index contributed by atoms with van der Waals surface area (Å²) in [5.74, 6) is 0. The lowest BCUT2D eigenvalue weighted by Crippen LogP contribution is -2.41. The van der Waals surface area contributed by atoms with Crippen LogP contribution in [0.25, 0.3) is 0 Å². The SMILES string of the molecule is C[Si](C)(C)C1=CCC1[Si](C)(C)C. The van der Waals surface area contributed by atoms with Gasteiger partial charge in [-0.3, -0.25) is 0 Å². The van der Waals surface area contributed by atoms with Crippen molar-refractivity contribution in [2.24, 2.45) is 0 Å². The summed E-state index contributed by atoms with van der Waals surface area (Å²) in [5.41, 5.74) is 1.02. The Kier molecular flexibility index (Phi) is 2.43. The van der Waals surface area contributed by atoms with Gasteiger partial charge in [-0.25, -0.2) is 0 Å². The summed E-state index contributed by atoms with van der Waals surface area (Å²) in [6.07, 6.45) is 3.89. The quantitative estimate of drug-likeness (QED) is 0.590. The Hall–Kier alpha value is 0.174. The molecule has 1 aliphatic carbocycles. The van der Waals surface area contributed by atoms with Gasteiger partial charge in [0.15, 0.2) is 0 Å². The van der Waals surface area contributed by atoms with Gasteiger partial charge in [-0.1, -0.05) is 50.6 Å². The first-order valence-corrected chi connectivity index (χ1v) is 12.0. The zero-order chi connectivity index (χ0) is 9.57. The largest absolute Gasteiger partial charge is 0.0889 e. The van der Waals surface area contributed by atoms with Gasteiger partial charge in [-0.2, -0.15) is 0 Å². The van der Waals surface area contributed by atoms with Crippen LogP contribution >= 0.6 is 0 Å². The van der Waals surface area contributed by atoms with Gasteiger partial charge in [-0.05, 0) is 12.0 Å². The van der Waals surface area contributed by atoms with E-state index in [-0.39, 0.29) is 0 Å². The van der Waals surface area contributed by atoms with Crippen LogP contribution in [-0.2, 0) is 0 Å². The van der Waals surface area contributed by atoms with Gasteiger partial charge < -0.3 is 0 Å². The number of hydrogen-bond donors (Lipinski definition) is 0. The minimum atomic E-state index is -0.951. The van der Waals surface area contributed by atoms with Crippen molar-refractivity contribution in [2.45, 2.75) is 51.2 Å². The molecule has 0 aromatic carbocycles. The molecular formula is C10H22Si2. The fourth-order valence-corrected chi connectivity index (χ4v) is 8.37. The highest BCUT2D eigenvalue weighted by Crippen LogP contribution is 2.45. The van der Waals surface area contributed by atoms with Crippen molar-refractivity contribution < 1.29 is 0 Å². The minimum Gasteiger partial charge on any atom is -0.0889 e. The van der Waals surface area contributed by atoms with Crippen LogP contribution in [-0.4, -0.2) is 16.1 Å². The van der Waals surface area contributed by atoms with Crippen LogP contribution < -0.4 is 0 Å². The van der Waals surface area contributed by atoms with Gasteiger partial charge in [0.05, 0.1) is 16.1 Å². The van der Waals surface area contributed by atoms with Crippen molar-refractivity contribution in [2.75, 3.05) is 0 Å². The Morgan fingerprint density at radius 1 is 1.08 bits per heavy atom. The second-order valence-corrected chi connectivity index (χ2v) is 16.6. The Morgan fingerprint density at radius 3 is 1.67 bits per heavy atom. The molecule has 12 heavy (non-hydrogen) atoms. The van der Waals surface area contributed by atoms with Crippen LogP contribution in [0.3, 0.4) is 0 Å². The fraction of sp³-hybridized carbons (Fsp3) is 0.800. The number of rotatable bonds is 2. The van der Waals surface area contributed by atoms with Crippen molar-refractivity contribution in [3.8, 4) is 0 Å². The van der Waals surface area contributed by atoms with E-state index >= 15 is 0 Å². The smallest absolute Gasteiger partial charge is 0.0720 e. The Labute approximate surface area is 79.1 Å². The van der Waals surface area contributed by atoms with Gasteiger partial charge in [0.25, 0.3) is 0 Å². The molecule has 0 aromatic heterocycles. The molecule has 1 atom stereocenters. The van der Waals surface area contributed by atoms with Crippen LogP contribution in [0.4, 0.5) is 0 Å². The predicted molar refractivity (Wildman–Crippen MR) is 63.1 cm³/mol. The normalized spacial score (nSPS) is 24.8. The van der Waals surface area contributed by atoms with Gasteiger partial charge in [0.2, 0.25) is 0 Å². The van der Waals surface area contributed by atoms with E-state index < -0.39 is 16.1 Å². The Bertz CT molecular complexity index is 203. The van der Waals surface area contributed by atoms with Gasteiger partial charge in [0.1, 0.15) is 0 Å². The highest BCUT2D eigenvalue weighted by molar-refractivity contribution is 6.88. The van der Waals surface area contributed by atoms with E-state index in [1.807, 2.05) is 5.20 Å². The van der Waals surface area contributed by atoms with E-state index in [9.17, 15) is 0 Å². The highest BCUT2D eigenvalue weighted by Gasteiger charge is 2.39. The van der Waals surface area contributed by atoms with Crippen molar-refractivity contribution in [1.82, 2.24) is 0 Å². The van der Waals surface area contributed by atoms with Gasteiger partial charge in [-0.15, -0.1) is 0 Å². The molecule has 0 amide bonds. The van der Waals surface area contributed by atoms with Crippen LogP contribution in [0.15, 0.2) is 11.3 Å². The van der Waals surface area contributed by atoms with Gasteiger partial charge >= 0.3 is 0 Å².